The first-order valence-corrected chi connectivity index (χ1v) is 8.84. The van der Waals surface area contributed by atoms with E-state index >= 15 is 0 Å². The molecular formula is C19H20BrN3O. The molecule has 0 atom stereocenters. The number of carbonyl (C=O) groups excluding carboxylic acids is 1. The predicted octanol–water partition coefficient (Wildman–Crippen LogP) is 4.92. The zero-order valence-corrected chi connectivity index (χ0v) is 15.6. The Hall–Kier alpha value is -2.14. The molecule has 3 rings (SSSR count). The van der Waals surface area contributed by atoms with E-state index in [4.69, 9.17) is 0 Å². The van der Waals surface area contributed by atoms with Gasteiger partial charge in [-0.15, -0.1) is 0 Å². The lowest BCUT2D eigenvalue weighted by atomic mass is 10.2. The van der Waals surface area contributed by atoms with Crippen molar-refractivity contribution in [2.45, 2.75) is 33.6 Å². The zero-order chi connectivity index (χ0) is 17.3. The first-order chi connectivity index (χ1) is 11.5. The third-order valence-corrected chi connectivity index (χ3v) is 4.82. The van der Waals surface area contributed by atoms with Crippen molar-refractivity contribution in [3.63, 3.8) is 0 Å². The molecule has 0 bridgehead atoms. The van der Waals surface area contributed by atoms with Crippen molar-refractivity contribution in [2.75, 3.05) is 5.32 Å². The average Bonchev–Trinajstić information content (AvgIpc) is 2.88. The molecule has 1 amide bonds. The number of halogens is 1. The summed E-state index contributed by atoms with van der Waals surface area (Å²) in [5, 5.41) is 2.99. The number of anilines is 1. The van der Waals surface area contributed by atoms with Gasteiger partial charge in [0.25, 0.3) is 5.91 Å². The Morgan fingerprint density at radius 1 is 1.25 bits per heavy atom. The van der Waals surface area contributed by atoms with Crippen molar-refractivity contribution in [3.8, 4) is 0 Å². The molecule has 3 aromatic rings. The second kappa shape index (κ2) is 6.77. The number of nitrogens with zero attached hydrogens (tertiary/aromatic N) is 2. The number of hydrogen-bond acceptors (Lipinski definition) is 2. The minimum Gasteiger partial charge on any atom is -0.321 e. The van der Waals surface area contributed by atoms with Crippen LogP contribution in [-0.2, 0) is 6.42 Å². The van der Waals surface area contributed by atoms with Crippen molar-refractivity contribution in [1.82, 2.24) is 9.38 Å². The van der Waals surface area contributed by atoms with E-state index < -0.39 is 0 Å². The van der Waals surface area contributed by atoms with Crippen LogP contribution in [0.15, 0.2) is 41.0 Å². The molecule has 0 aliphatic heterocycles. The molecule has 2 aromatic heterocycles. The highest BCUT2D eigenvalue weighted by molar-refractivity contribution is 9.10. The fourth-order valence-corrected chi connectivity index (χ4v) is 3.09. The number of nitrogens with one attached hydrogen (secondary N) is 1. The van der Waals surface area contributed by atoms with E-state index in [1.165, 1.54) is 0 Å². The van der Waals surface area contributed by atoms with Crippen LogP contribution in [0.25, 0.3) is 5.65 Å². The van der Waals surface area contributed by atoms with Gasteiger partial charge < -0.3 is 5.32 Å². The van der Waals surface area contributed by atoms with E-state index in [0.29, 0.717) is 5.69 Å². The SMILES string of the molecule is CCCc1nc2ccc(C)cn2c1C(=O)Nc1ccc(C)c(Br)c1. The van der Waals surface area contributed by atoms with Crippen LogP contribution in [0.1, 0.15) is 40.7 Å². The van der Waals surface area contributed by atoms with Gasteiger partial charge in [0.1, 0.15) is 11.3 Å². The van der Waals surface area contributed by atoms with Gasteiger partial charge in [-0.2, -0.15) is 0 Å². The van der Waals surface area contributed by atoms with Crippen molar-refractivity contribution in [1.29, 1.82) is 0 Å². The molecule has 124 valence electrons. The molecule has 5 heteroatoms. The Morgan fingerprint density at radius 2 is 2.04 bits per heavy atom. The molecule has 24 heavy (non-hydrogen) atoms. The standard InChI is InChI=1S/C19H20BrN3O/c1-4-5-16-18(23-11-12(2)6-9-17(23)22-16)19(24)21-14-8-7-13(3)15(20)10-14/h6-11H,4-5H2,1-3H3,(H,21,24). The lowest BCUT2D eigenvalue weighted by Gasteiger charge is -2.09. The average molecular weight is 386 g/mol. The summed E-state index contributed by atoms with van der Waals surface area (Å²) in [5.74, 6) is -0.132. The van der Waals surface area contributed by atoms with E-state index in [1.54, 1.807) is 0 Å². The van der Waals surface area contributed by atoms with Gasteiger partial charge in [0.05, 0.1) is 5.69 Å². The molecule has 0 aliphatic carbocycles. The third-order valence-electron chi connectivity index (χ3n) is 3.97. The summed E-state index contributed by atoms with van der Waals surface area (Å²) in [6.07, 6.45) is 3.68. The van der Waals surface area contributed by atoms with Crippen LogP contribution in [0.4, 0.5) is 5.69 Å². The maximum absolute atomic E-state index is 12.9. The highest BCUT2D eigenvalue weighted by Gasteiger charge is 2.19. The van der Waals surface area contributed by atoms with Gasteiger partial charge in [-0.25, -0.2) is 4.98 Å². The monoisotopic (exact) mass is 385 g/mol. The van der Waals surface area contributed by atoms with E-state index in [0.717, 1.165) is 45.5 Å². The van der Waals surface area contributed by atoms with E-state index in [9.17, 15) is 4.79 Å². The second-order valence-corrected chi connectivity index (χ2v) is 6.86. The molecular weight excluding hydrogens is 366 g/mol. The Morgan fingerprint density at radius 3 is 2.75 bits per heavy atom. The summed E-state index contributed by atoms with van der Waals surface area (Å²) in [4.78, 5) is 17.5. The molecule has 0 spiro atoms. The van der Waals surface area contributed by atoms with Crippen molar-refractivity contribution >= 4 is 33.2 Å². The molecule has 2 heterocycles. The fourth-order valence-electron chi connectivity index (χ4n) is 2.71. The largest absolute Gasteiger partial charge is 0.321 e. The Bertz CT molecular complexity index is 914. The smallest absolute Gasteiger partial charge is 0.274 e. The molecule has 0 radical (unpaired) electrons. The Balaban J connectivity index is 2.02. The zero-order valence-electron chi connectivity index (χ0n) is 14.1. The highest BCUT2D eigenvalue weighted by atomic mass is 79.9. The maximum Gasteiger partial charge on any atom is 0.274 e. The van der Waals surface area contributed by atoms with Crippen molar-refractivity contribution in [3.05, 3.63) is 63.5 Å². The number of carbonyl (C=O) groups is 1. The fraction of sp³-hybridized carbons (Fsp3) is 0.263. The van der Waals surface area contributed by atoms with Gasteiger partial charge in [0.2, 0.25) is 0 Å². The molecule has 4 nitrogen and oxygen atoms in total. The summed E-state index contributed by atoms with van der Waals surface area (Å²) in [6, 6.07) is 9.77. The van der Waals surface area contributed by atoms with Crippen LogP contribution in [-0.4, -0.2) is 15.3 Å². The summed E-state index contributed by atoms with van der Waals surface area (Å²) < 4.78 is 2.86. The minimum atomic E-state index is -0.132. The first-order valence-electron chi connectivity index (χ1n) is 8.04. The summed E-state index contributed by atoms with van der Waals surface area (Å²) in [7, 11) is 0. The number of rotatable bonds is 4. The van der Waals surface area contributed by atoms with E-state index in [-0.39, 0.29) is 5.91 Å². The number of amides is 1. The number of benzene rings is 1. The van der Waals surface area contributed by atoms with E-state index in [1.807, 2.05) is 54.8 Å². The molecule has 0 aliphatic rings. The van der Waals surface area contributed by atoms with Gasteiger partial charge in [-0.05, 0) is 49.6 Å². The number of hydrogen-bond donors (Lipinski definition) is 1. The van der Waals surface area contributed by atoms with Crippen LogP contribution in [0.3, 0.4) is 0 Å². The number of aryl methyl sites for hydroxylation is 3. The summed E-state index contributed by atoms with van der Waals surface area (Å²) in [5.41, 5.74) is 5.25. The number of pyridine rings is 1. The van der Waals surface area contributed by atoms with Gasteiger partial charge in [-0.3, -0.25) is 9.20 Å². The van der Waals surface area contributed by atoms with Crippen LogP contribution in [0.5, 0.6) is 0 Å². The minimum absolute atomic E-state index is 0.132. The van der Waals surface area contributed by atoms with Gasteiger partial charge >= 0.3 is 0 Å². The van der Waals surface area contributed by atoms with Crippen molar-refractivity contribution < 1.29 is 4.79 Å². The lowest BCUT2D eigenvalue weighted by Crippen LogP contribution is -2.16. The summed E-state index contributed by atoms with van der Waals surface area (Å²) >= 11 is 3.50. The van der Waals surface area contributed by atoms with Crippen LogP contribution in [0.2, 0.25) is 0 Å². The van der Waals surface area contributed by atoms with E-state index in [2.05, 4.69) is 33.2 Å². The summed E-state index contributed by atoms with van der Waals surface area (Å²) in [6.45, 7) is 6.12. The molecule has 0 fully saturated rings. The third kappa shape index (κ3) is 3.22. The normalized spacial score (nSPS) is 11.0. The molecule has 1 aromatic carbocycles. The van der Waals surface area contributed by atoms with Crippen LogP contribution >= 0.6 is 15.9 Å². The van der Waals surface area contributed by atoms with Crippen molar-refractivity contribution in [2.24, 2.45) is 0 Å². The second-order valence-electron chi connectivity index (χ2n) is 6.01. The Kier molecular flexibility index (Phi) is 4.71. The molecule has 1 N–H and O–H groups in total. The molecule has 0 saturated heterocycles. The molecule has 0 saturated carbocycles. The highest BCUT2D eigenvalue weighted by Crippen LogP contribution is 2.22. The van der Waals surface area contributed by atoms with Crippen LogP contribution < -0.4 is 5.32 Å². The Labute approximate surface area is 150 Å². The predicted molar refractivity (Wildman–Crippen MR) is 101 cm³/mol. The number of imidazole rings is 1. The lowest BCUT2D eigenvalue weighted by molar-refractivity contribution is 0.102. The number of fused-ring (bicyclic) bond motifs is 1. The first kappa shape index (κ1) is 16.7. The topological polar surface area (TPSA) is 46.4 Å². The van der Waals surface area contributed by atoms with Gasteiger partial charge in [-0.1, -0.05) is 41.4 Å². The quantitative estimate of drug-likeness (QED) is 0.692. The van der Waals surface area contributed by atoms with Gasteiger partial charge in [0.15, 0.2) is 0 Å². The maximum atomic E-state index is 12.9. The van der Waals surface area contributed by atoms with Crippen LogP contribution in [0, 0.1) is 13.8 Å². The van der Waals surface area contributed by atoms with Gasteiger partial charge in [0, 0.05) is 16.4 Å². The molecule has 0 unspecified atom stereocenters. The number of aromatic nitrogens is 2.